The maximum absolute atomic E-state index is 14.8. The Balaban J connectivity index is 1.72. The topological polar surface area (TPSA) is 9.23 Å². The molecule has 0 radical (unpaired) electrons. The summed E-state index contributed by atoms with van der Waals surface area (Å²) in [6.45, 7) is 2.16. The van der Waals surface area contributed by atoms with E-state index >= 15 is 0 Å². The van der Waals surface area contributed by atoms with Gasteiger partial charge in [0.15, 0.2) is 0 Å². The molecule has 0 fully saturated rings. The Bertz CT molecular complexity index is 1140. The second-order valence-corrected chi connectivity index (χ2v) is 7.19. The van der Waals surface area contributed by atoms with E-state index in [4.69, 9.17) is 4.74 Å². The Morgan fingerprint density at radius 2 is 1.31 bits per heavy atom. The molecule has 3 heteroatoms. The maximum atomic E-state index is 14.8. The zero-order chi connectivity index (χ0) is 20.4. The fraction of sp³-hybridized carbons (Fsp3) is 0.154. The van der Waals surface area contributed by atoms with Gasteiger partial charge in [0.25, 0.3) is 0 Å². The van der Waals surface area contributed by atoms with Crippen molar-refractivity contribution in [3.63, 3.8) is 0 Å². The molecule has 1 nitrogen and oxygen atoms in total. The molecular weight excluding hydrogens is 366 g/mol. The zero-order valence-corrected chi connectivity index (χ0v) is 16.5. The first-order valence-electron chi connectivity index (χ1n) is 9.75. The monoisotopic (exact) mass is 388 g/mol. The Hall–Kier alpha value is -3.20. The molecule has 0 aliphatic heterocycles. The highest BCUT2D eigenvalue weighted by molar-refractivity contribution is 5.88. The average molecular weight is 388 g/mol. The van der Waals surface area contributed by atoms with Crippen LogP contribution in [0.15, 0.2) is 72.8 Å². The van der Waals surface area contributed by atoms with E-state index in [-0.39, 0.29) is 5.56 Å². The number of rotatable bonds is 5. The standard InChI is InChI=1S/C26H22F2O/c1-3-4-17-5-6-20-14-21(8-7-19(20)13-17)22-15-24(27)26(25(28)16-22)18-9-11-23(29-2)12-10-18/h5-16H,3-4H2,1-2H3. The summed E-state index contributed by atoms with van der Waals surface area (Å²) in [5.74, 6) is -0.517. The lowest BCUT2D eigenvalue weighted by atomic mass is 9.96. The molecule has 0 N–H and O–H groups in total. The minimum atomic E-state index is -0.580. The molecule has 0 saturated carbocycles. The van der Waals surface area contributed by atoms with Crippen molar-refractivity contribution >= 4 is 10.8 Å². The van der Waals surface area contributed by atoms with Crippen LogP contribution < -0.4 is 4.74 Å². The lowest BCUT2D eigenvalue weighted by Crippen LogP contribution is -1.93. The lowest BCUT2D eigenvalue weighted by Gasteiger charge is -2.11. The SMILES string of the molecule is CCCc1ccc2cc(-c3cc(F)c(-c4ccc(OC)cc4)c(F)c3)ccc2c1. The summed E-state index contributed by atoms with van der Waals surface area (Å²) in [5, 5.41) is 2.19. The third-order valence-corrected chi connectivity index (χ3v) is 5.20. The van der Waals surface area contributed by atoms with Gasteiger partial charge in [0.05, 0.1) is 12.7 Å². The number of hydrogen-bond acceptors (Lipinski definition) is 1. The first-order valence-corrected chi connectivity index (χ1v) is 9.75. The normalized spacial score (nSPS) is 11.0. The van der Waals surface area contributed by atoms with Gasteiger partial charge in [0, 0.05) is 0 Å². The van der Waals surface area contributed by atoms with Gasteiger partial charge < -0.3 is 4.74 Å². The molecule has 0 saturated heterocycles. The fourth-order valence-electron chi connectivity index (χ4n) is 3.69. The summed E-state index contributed by atoms with van der Waals surface area (Å²) in [7, 11) is 1.55. The minimum absolute atomic E-state index is 0.0265. The highest BCUT2D eigenvalue weighted by atomic mass is 19.1. The van der Waals surface area contributed by atoms with Gasteiger partial charge in [-0.15, -0.1) is 0 Å². The number of methoxy groups -OCH3 is 1. The van der Waals surface area contributed by atoms with Gasteiger partial charge >= 0.3 is 0 Å². The average Bonchev–Trinajstić information content (AvgIpc) is 2.73. The fourth-order valence-corrected chi connectivity index (χ4v) is 3.69. The molecule has 0 heterocycles. The van der Waals surface area contributed by atoms with Crippen molar-refractivity contribution in [2.24, 2.45) is 0 Å². The quantitative estimate of drug-likeness (QED) is 0.346. The van der Waals surface area contributed by atoms with Crippen molar-refractivity contribution in [2.75, 3.05) is 7.11 Å². The minimum Gasteiger partial charge on any atom is -0.497 e. The van der Waals surface area contributed by atoms with Crippen LogP contribution in [0.25, 0.3) is 33.0 Å². The first-order chi connectivity index (χ1) is 14.1. The molecular formula is C26H22F2O. The third kappa shape index (κ3) is 3.86. The van der Waals surface area contributed by atoms with Crippen LogP contribution in [-0.2, 0) is 6.42 Å². The molecule has 0 unspecified atom stereocenters. The highest BCUT2D eigenvalue weighted by Crippen LogP contribution is 2.33. The van der Waals surface area contributed by atoms with E-state index in [1.807, 2.05) is 18.2 Å². The van der Waals surface area contributed by atoms with Crippen LogP contribution in [0.5, 0.6) is 5.75 Å². The number of fused-ring (bicyclic) bond motifs is 1. The van der Waals surface area contributed by atoms with Crippen LogP contribution >= 0.6 is 0 Å². The molecule has 0 aliphatic rings. The van der Waals surface area contributed by atoms with Crippen LogP contribution in [-0.4, -0.2) is 7.11 Å². The van der Waals surface area contributed by atoms with E-state index in [0.29, 0.717) is 16.9 Å². The lowest BCUT2D eigenvalue weighted by molar-refractivity contribution is 0.415. The number of benzene rings is 4. The van der Waals surface area contributed by atoms with Crippen molar-refractivity contribution in [3.05, 3.63) is 90.0 Å². The summed E-state index contributed by atoms with van der Waals surface area (Å²) in [4.78, 5) is 0. The molecule has 4 rings (SSSR count). The van der Waals surface area contributed by atoms with E-state index < -0.39 is 11.6 Å². The number of aryl methyl sites for hydroxylation is 1. The van der Waals surface area contributed by atoms with E-state index in [1.54, 1.807) is 31.4 Å². The van der Waals surface area contributed by atoms with E-state index in [0.717, 1.165) is 29.2 Å². The largest absolute Gasteiger partial charge is 0.497 e. The molecule has 29 heavy (non-hydrogen) atoms. The Morgan fingerprint density at radius 3 is 1.97 bits per heavy atom. The predicted molar refractivity (Wildman–Crippen MR) is 115 cm³/mol. The molecule has 0 bridgehead atoms. The molecule has 0 aromatic heterocycles. The molecule has 0 aliphatic carbocycles. The van der Waals surface area contributed by atoms with Crippen molar-refractivity contribution in [1.29, 1.82) is 0 Å². The smallest absolute Gasteiger partial charge is 0.134 e. The summed E-state index contributed by atoms with van der Waals surface area (Å²) in [6.07, 6.45) is 2.14. The second kappa shape index (κ2) is 8.04. The summed E-state index contributed by atoms with van der Waals surface area (Å²) in [6, 6.07) is 21.8. The third-order valence-electron chi connectivity index (χ3n) is 5.20. The van der Waals surface area contributed by atoms with Crippen molar-refractivity contribution in [3.8, 4) is 28.0 Å². The number of halogens is 2. The first kappa shape index (κ1) is 19.1. The van der Waals surface area contributed by atoms with E-state index in [1.165, 1.54) is 17.7 Å². The Kier molecular flexibility index (Phi) is 5.30. The zero-order valence-electron chi connectivity index (χ0n) is 16.5. The van der Waals surface area contributed by atoms with Crippen LogP contribution in [0.4, 0.5) is 8.78 Å². The Morgan fingerprint density at radius 1 is 0.690 bits per heavy atom. The summed E-state index contributed by atoms with van der Waals surface area (Å²) < 4.78 is 34.8. The van der Waals surface area contributed by atoms with E-state index in [2.05, 4.69) is 25.1 Å². The van der Waals surface area contributed by atoms with Crippen LogP contribution in [0, 0.1) is 11.6 Å². The van der Waals surface area contributed by atoms with Crippen molar-refractivity contribution in [2.45, 2.75) is 19.8 Å². The number of ether oxygens (including phenoxy) is 1. The van der Waals surface area contributed by atoms with E-state index in [9.17, 15) is 8.78 Å². The summed E-state index contributed by atoms with van der Waals surface area (Å²) >= 11 is 0. The molecule has 0 spiro atoms. The van der Waals surface area contributed by atoms with Gasteiger partial charge in [-0.05, 0) is 69.8 Å². The van der Waals surface area contributed by atoms with Gasteiger partial charge in [-0.25, -0.2) is 8.78 Å². The van der Waals surface area contributed by atoms with Crippen LogP contribution in [0.2, 0.25) is 0 Å². The molecule has 0 amide bonds. The molecule has 4 aromatic carbocycles. The van der Waals surface area contributed by atoms with Gasteiger partial charge in [-0.2, -0.15) is 0 Å². The van der Waals surface area contributed by atoms with Crippen molar-refractivity contribution in [1.82, 2.24) is 0 Å². The number of hydrogen-bond donors (Lipinski definition) is 0. The van der Waals surface area contributed by atoms with Crippen LogP contribution in [0.3, 0.4) is 0 Å². The van der Waals surface area contributed by atoms with Gasteiger partial charge in [-0.3, -0.25) is 0 Å². The maximum Gasteiger partial charge on any atom is 0.134 e. The highest BCUT2D eigenvalue weighted by Gasteiger charge is 2.14. The van der Waals surface area contributed by atoms with Gasteiger partial charge in [0.2, 0.25) is 0 Å². The van der Waals surface area contributed by atoms with Gasteiger partial charge in [-0.1, -0.05) is 55.8 Å². The molecule has 146 valence electrons. The Labute approximate surface area is 169 Å². The van der Waals surface area contributed by atoms with Crippen molar-refractivity contribution < 1.29 is 13.5 Å². The van der Waals surface area contributed by atoms with Gasteiger partial charge in [0.1, 0.15) is 17.4 Å². The second-order valence-electron chi connectivity index (χ2n) is 7.19. The molecule has 0 atom stereocenters. The molecule has 4 aromatic rings. The summed E-state index contributed by atoms with van der Waals surface area (Å²) in [5.41, 5.74) is 3.07. The predicted octanol–water partition coefficient (Wildman–Crippen LogP) is 7.41. The van der Waals surface area contributed by atoms with Crippen LogP contribution in [0.1, 0.15) is 18.9 Å².